The van der Waals surface area contributed by atoms with Gasteiger partial charge in [0, 0.05) is 16.2 Å². The predicted octanol–water partition coefficient (Wildman–Crippen LogP) is 3.37. The molecule has 0 aliphatic rings. The van der Waals surface area contributed by atoms with E-state index in [4.69, 9.17) is 0 Å². The summed E-state index contributed by atoms with van der Waals surface area (Å²) in [4.78, 5) is 3.73. The lowest BCUT2D eigenvalue weighted by Crippen LogP contribution is -2.03. The van der Waals surface area contributed by atoms with Gasteiger partial charge in [0.25, 0.3) is 0 Å². The zero-order valence-corrected chi connectivity index (χ0v) is 10.8. The van der Waals surface area contributed by atoms with Crippen molar-refractivity contribution in [2.75, 3.05) is 0 Å². The van der Waals surface area contributed by atoms with Crippen LogP contribution in [0.2, 0.25) is 0 Å². The van der Waals surface area contributed by atoms with Gasteiger partial charge in [-0.1, -0.05) is 22.0 Å². The Labute approximate surface area is 107 Å². The van der Waals surface area contributed by atoms with Crippen molar-refractivity contribution in [2.24, 2.45) is 0 Å². The van der Waals surface area contributed by atoms with Crippen molar-refractivity contribution in [1.82, 2.24) is 4.98 Å². The number of hydrogen-bond donors (Lipinski definition) is 1. The van der Waals surface area contributed by atoms with Crippen molar-refractivity contribution in [3.05, 3.63) is 63.6 Å². The highest BCUT2D eigenvalue weighted by Gasteiger charge is 2.13. The first kappa shape index (κ1) is 12.2. The molecule has 2 nitrogen and oxygen atoms in total. The van der Waals surface area contributed by atoms with Gasteiger partial charge in [0.05, 0.1) is 6.20 Å². The van der Waals surface area contributed by atoms with Crippen molar-refractivity contribution in [1.29, 1.82) is 0 Å². The third-order valence-electron chi connectivity index (χ3n) is 2.57. The molecule has 0 radical (unpaired) electrons. The van der Waals surface area contributed by atoms with Gasteiger partial charge in [0.15, 0.2) is 0 Å². The molecule has 0 bridgehead atoms. The average Bonchev–Trinajstić information content (AvgIpc) is 2.28. The Hall–Kier alpha value is -1.26. The lowest BCUT2D eigenvalue weighted by atomic mass is 9.99. The number of aryl methyl sites for hydroxylation is 1. The number of halogens is 2. The first-order valence-electron chi connectivity index (χ1n) is 5.12. The minimum absolute atomic E-state index is 0.448. The lowest BCUT2D eigenvalue weighted by Gasteiger charge is -2.14. The minimum atomic E-state index is -0.855. The number of aromatic nitrogens is 1. The molecule has 2 aromatic rings. The molecule has 17 heavy (non-hydrogen) atoms. The van der Waals surface area contributed by atoms with Crippen LogP contribution in [-0.4, -0.2) is 10.1 Å². The van der Waals surface area contributed by atoms with E-state index in [9.17, 15) is 9.50 Å². The first-order chi connectivity index (χ1) is 8.08. The van der Waals surface area contributed by atoms with E-state index in [2.05, 4.69) is 20.9 Å². The summed E-state index contributed by atoms with van der Waals surface area (Å²) in [7, 11) is 0. The molecule has 0 spiro atoms. The van der Waals surface area contributed by atoms with E-state index in [1.807, 2.05) is 25.1 Å². The van der Waals surface area contributed by atoms with Gasteiger partial charge in [-0.15, -0.1) is 0 Å². The molecule has 1 heterocycles. The minimum Gasteiger partial charge on any atom is -0.384 e. The fourth-order valence-corrected chi connectivity index (χ4v) is 2.18. The van der Waals surface area contributed by atoms with E-state index < -0.39 is 11.9 Å². The molecule has 1 unspecified atom stereocenters. The van der Waals surface area contributed by atoms with Crippen molar-refractivity contribution < 1.29 is 9.50 Å². The number of rotatable bonds is 2. The molecule has 1 aromatic heterocycles. The molecule has 0 fully saturated rings. The van der Waals surface area contributed by atoms with Gasteiger partial charge in [0.1, 0.15) is 11.9 Å². The third kappa shape index (κ3) is 2.70. The zero-order chi connectivity index (χ0) is 12.4. The maximum Gasteiger partial charge on any atom is 0.141 e. The maximum atomic E-state index is 13.0. The van der Waals surface area contributed by atoms with Crippen LogP contribution in [-0.2, 0) is 0 Å². The average molecular weight is 296 g/mol. The Morgan fingerprint density at radius 3 is 2.71 bits per heavy atom. The second-order valence-electron chi connectivity index (χ2n) is 3.84. The number of aliphatic hydroxyl groups excluding tert-OH is 1. The monoisotopic (exact) mass is 295 g/mol. The summed E-state index contributed by atoms with van der Waals surface area (Å²) in [6, 6.07) is 6.86. The second kappa shape index (κ2) is 4.94. The van der Waals surface area contributed by atoms with Gasteiger partial charge < -0.3 is 5.11 Å². The van der Waals surface area contributed by atoms with Gasteiger partial charge in [0.2, 0.25) is 0 Å². The number of nitrogens with zero attached hydrogens (tertiary/aromatic N) is 1. The van der Waals surface area contributed by atoms with Crippen LogP contribution in [0.15, 0.2) is 41.1 Å². The summed E-state index contributed by atoms with van der Waals surface area (Å²) in [6.07, 6.45) is 1.73. The van der Waals surface area contributed by atoms with Crippen LogP contribution in [0.25, 0.3) is 0 Å². The molecule has 2 rings (SSSR count). The molecule has 0 saturated carbocycles. The fraction of sp³-hybridized carbons (Fsp3) is 0.154. The highest BCUT2D eigenvalue weighted by molar-refractivity contribution is 9.10. The standard InChI is InChI=1S/C13H11BrFNO/c1-8-4-10(14)2-3-12(8)13(17)9-5-11(15)7-16-6-9/h2-7,13,17H,1H3. The van der Waals surface area contributed by atoms with Crippen LogP contribution < -0.4 is 0 Å². The topological polar surface area (TPSA) is 33.1 Å². The Bertz CT molecular complexity index is 545. The van der Waals surface area contributed by atoms with Crippen molar-refractivity contribution >= 4 is 15.9 Å². The van der Waals surface area contributed by atoms with Crippen LogP contribution in [0, 0.1) is 12.7 Å². The summed E-state index contributed by atoms with van der Waals surface area (Å²) in [5.74, 6) is -0.448. The highest BCUT2D eigenvalue weighted by Crippen LogP contribution is 2.26. The molecule has 0 aliphatic carbocycles. The molecular weight excluding hydrogens is 285 g/mol. The van der Waals surface area contributed by atoms with Crippen LogP contribution >= 0.6 is 15.9 Å². The zero-order valence-electron chi connectivity index (χ0n) is 9.19. The third-order valence-corrected chi connectivity index (χ3v) is 3.06. The van der Waals surface area contributed by atoms with Gasteiger partial charge in [-0.25, -0.2) is 4.39 Å². The largest absolute Gasteiger partial charge is 0.384 e. The molecule has 1 atom stereocenters. The van der Waals surface area contributed by atoms with E-state index >= 15 is 0 Å². The number of benzene rings is 1. The molecular formula is C13H11BrFNO. The molecule has 4 heteroatoms. The molecule has 88 valence electrons. The van der Waals surface area contributed by atoms with E-state index in [0.717, 1.165) is 21.8 Å². The first-order valence-corrected chi connectivity index (χ1v) is 5.92. The second-order valence-corrected chi connectivity index (χ2v) is 4.76. The summed E-state index contributed by atoms with van der Waals surface area (Å²) in [6.45, 7) is 1.90. The van der Waals surface area contributed by atoms with Gasteiger partial charge >= 0.3 is 0 Å². The van der Waals surface area contributed by atoms with Crippen LogP contribution in [0.4, 0.5) is 4.39 Å². The van der Waals surface area contributed by atoms with Crippen LogP contribution in [0.1, 0.15) is 22.8 Å². The molecule has 1 aromatic carbocycles. The summed E-state index contributed by atoms with van der Waals surface area (Å²) < 4.78 is 14.0. The predicted molar refractivity (Wildman–Crippen MR) is 67.1 cm³/mol. The van der Waals surface area contributed by atoms with Gasteiger partial charge in [-0.3, -0.25) is 4.98 Å². The smallest absolute Gasteiger partial charge is 0.141 e. The van der Waals surface area contributed by atoms with Crippen LogP contribution in [0.3, 0.4) is 0 Å². The Kier molecular flexibility index (Phi) is 3.54. The molecule has 1 N–H and O–H groups in total. The van der Waals surface area contributed by atoms with E-state index in [1.165, 1.54) is 12.3 Å². The number of hydrogen-bond acceptors (Lipinski definition) is 2. The Balaban J connectivity index is 2.40. The molecule has 0 saturated heterocycles. The summed E-state index contributed by atoms with van der Waals surface area (Å²) in [5, 5.41) is 10.2. The summed E-state index contributed by atoms with van der Waals surface area (Å²) in [5.41, 5.74) is 2.15. The van der Waals surface area contributed by atoms with E-state index in [1.54, 1.807) is 0 Å². The van der Waals surface area contributed by atoms with Crippen molar-refractivity contribution in [3.8, 4) is 0 Å². The number of pyridine rings is 1. The fourth-order valence-electron chi connectivity index (χ4n) is 1.70. The lowest BCUT2D eigenvalue weighted by molar-refractivity contribution is 0.218. The van der Waals surface area contributed by atoms with Crippen molar-refractivity contribution in [2.45, 2.75) is 13.0 Å². The molecule has 0 amide bonds. The summed E-state index contributed by atoms with van der Waals surface area (Å²) >= 11 is 3.36. The number of aliphatic hydroxyl groups is 1. The Morgan fingerprint density at radius 1 is 1.29 bits per heavy atom. The maximum absolute atomic E-state index is 13.0. The SMILES string of the molecule is Cc1cc(Br)ccc1C(O)c1cncc(F)c1. The quantitative estimate of drug-likeness (QED) is 0.921. The normalized spacial score (nSPS) is 12.5. The van der Waals surface area contributed by atoms with Crippen LogP contribution in [0.5, 0.6) is 0 Å². The van der Waals surface area contributed by atoms with Gasteiger partial charge in [-0.2, -0.15) is 0 Å². The van der Waals surface area contributed by atoms with E-state index in [0.29, 0.717) is 5.56 Å². The Morgan fingerprint density at radius 2 is 2.06 bits per heavy atom. The highest BCUT2D eigenvalue weighted by atomic mass is 79.9. The van der Waals surface area contributed by atoms with Gasteiger partial charge in [-0.05, 0) is 36.2 Å². The molecule has 0 aliphatic heterocycles. The van der Waals surface area contributed by atoms with E-state index in [-0.39, 0.29) is 0 Å². The van der Waals surface area contributed by atoms with Crippen molar-refractivity contribution in [3.63, 3.8) is 0 Å².